The summed E-state index contributed by atoms with van der Waals surface area (Å²) >= 11 is 0. The molecule has 1 atom stereocenters. The van der Waals surface area contributed by atoms with Crippen LogP contribution >= 0.6 is 0 Å². The summed E-state index contributed by atoms with van der Waals surface area (Å²) in [5, 5.41) is 0. The molecule has 0 aliphatic carbocycles. The molecule has 0 radical (unpaired) electrons. The molecule has 0 bridgehead atoms. The highest BCUT2D eigenvalue weighted by molar-refractivity contribution is 5.78. The fraction of sp³-hybridized carbons (Fsp3) is 0.800. The third-order valence-electron chi connectivity index (χ3n) is 4.73. The minimum Gasteiger partial charge on any atom is -0.460 e. The van der Waals surface area contributed by atoms with E-state index in [4.69, 9.17) is 15.9 Å². The number of carbonyl (C=O) groups excluding carboxylic acids is 2. The first-order valence-corrected chi connectivity index (χ1v) is 8.49. The summed E-state index contributed by atoms with van der Waals surface area (Å²) in [6.07, 6.45) is 5.69. The Kier molecular flexibility index (Phi) is 7.55. The van der Waals surface area contributed by atoms with Crippen LogP contribution in [0, 0.1) is 35.0 Å². The monoisotopic (exact) mass is 338 g/mol. The van der Waals surface area contributed by atoms with Gasteiger partial charge in [0.2, 0.25) is 0 Å². The Labute approximate surface area is 147 Å². The van der Waals surface area contributed by atoms with E-state index in [1.807, 2.05) is 62.3 Å². The van der Waals surface area contributed by atoms with Gasteiger partial charge in [-0.05, 0) is 52.4 Å². The van der Waals surface area contributed by atoms with Crippen molar-refractivity contribution in [2.75, 3.05) is 6.61 Å². The number of ether oxygens (including phenoxy) is 2. The third kappa shape index (κ3) is 6.19. The largest absolute Gasteiger partial charge is 0.460 e. The van der Waals surface area contributed by atoms with Crippen LogP contribution in [0.4, 0.5) is 0 Å². The smallest absolute Gasteiger partial charge is 0.313 e. The van der Waals surface area contributed by atoms with Crippen molar-refractivity contribution in [1.29, 1.82) is 0 Å². The van der Waals surface area contributed by atoms with Crippen molar-refractivity contribution in [3.63, 3.8) is 0 Å². The lowest BCUT2D eigenvalue weighted by Crippen LogP contribution is -2.44. The van der Waals surface area contributed by atoms with Crippen molar-refractivity contribution < 1.29 is 19.1 Å². The molecule has 0 spiro atoms. The molecule has 24 heavy (non-hydrogen) atoms. The molecule has 0 aromatic heterocycles. The van der Waals surface area contributed by atoms with Gasteiger partial charge in [-0.2, -0.15) is 0 Å². The standard InChI is InChI=1S/C20H34O4/c1-11-12-23-17(22)20(9,10)19(7,8)13-15(14(2)3)16(21)24-18(4,5)6/h1,14-15H,12-13H2,2-10H3. The molecule has 0 heterocycles. The van der Waals surface area contributed by atoms with E-state index in [0.717, 1.165) is 0 Å². The Morgan fingerprint density at radius 2 is 1.54 bits per heavy atom. The van der Waals surface area contributed by atoms with Crippen LogP contribution in [-0.4, -0.2) is 24.1 Å². The normalized spacial score (nSPS) is 14.0. The summed E-state index contributed by atoms with van der Waals surface area (Å²) < 4.78 is 10.7. The van der Waals surface area contributed by atoms with Crippen molar-refractivity contribution in [2.45, 2.75) is 74.3 Å². The number of hydrogen-bond acceptors (Lipinski definition) is 4. The number of esters is 2. The molecule has 4 nitrogen and oxygen atoms in total. The summed E-state index contributed by atoms with van der Waals surface area (Å²) in [4.78, 5) is 25.0. The molecular weight excluding hydrogens is 304 g/mol. The predicted octanol–water partition coefficient (Wildman–Crippen LogP) is 4.22. The molecule has 0 aromatic carbocycles. The average molecular weight is 338 g/mol. The Morgan fingerprint density at radius 3 is 1.92 bits per heavy atom. The molecule has 0 aromatic rings. The average Bonchev–Trinajstić information content (AvgIpc) is 2.39. The van der Waals surface area contributed by atoms with E-state index in [9.17, 15) is 9.59 Å². The maximum atomic E-state index is 12.6. The van der Waals surface area contributed by atoms with E-state index in [-0.39, 0.29) is 30.4 Å². The lowest BCUT2D eigenvalue weighted by atomic mass is 9.63. The SMILES string of the molecule is C#CCOC(=O)C(C)(C)C(C)(C)CC(C(=O)OC(C)(C)C)C(C)C. The van der Waals surface area contributed by atoms with Gasteiger partial charge in [0.15, 0.2) is 6.61 Å². The molecule has 1 unspecified atom stereocenters. The van der Waals surface area contributed by atoms with Crippen LogP contribution in [0.3, 0.4) is 0 Å². The highest BCUT2D eigenvalue weighted by atomic mass is 16.6. The molecule has 0 rings (SSSR count). The summed E-state index contributed by atoms with van der Waals surface area (Å²) in [5.41, 5.74) is -1.78. The van der Waals surface area contributed by atoms with Gasteiger partial charge in [0.25, 0.3) is 0 Å². The van der Waals surface area contributed by atoms with Crippen molar-refractivity contribution in [1.82, 2.24) is 0 Å². The lowest BCUT2D eigenvalue weighted by Gasteiger charge is -2.42. The molecule has 138 valence electrons. The minimum atomic E-state index is -0.779. The highest BCUT2D eigenvalue weighted by Gasteiger charge is 2.47. The molecule has 0 saturated carbocycles. The molecular formula is C20H34O4. The van der Waals surface area contributed by atoms with E-state index in [1.54, 1.807) is 0 Å². The number of rotatable bonds is 7. The van der Waals surface area contributed by atoms with E-state index in [0.29, 0.717) is 6.42 Å². The fourth-order valence-corrected chi connectivity index (χ4v) is 2.34. The van der Waals surface area contributed by atoms with Crippen LogP contribution in [0.5, 0.6) is 0 Å². The topological polar surface area (TPSA) is 52.6 Å². The maximum Gasteiger partial charge on any atom is 0.313 e. The second-order valence-electron chi connectivity index (χ2n) is 8.88. The first kappa shape index (κ1) is 22.5. The number of carbonyl (C=O) groups is 2. The zero-order valence-electron chi connectivity index (χ0n) is 16.8. The van der Waals surface area contributed by atoms with Crippen LogP contribution in [0.15, 0.2) is 0 Å². The molecule has 0 aliphatic rings. The van der Waals surface area contributed by atoms with Crippen molar-refractivity contribution in [3.05, 3.63) is 0 Å². The van der Waals surface area contributed by atoms with Gasteiger partial charge in [0.1, 0.15) is 5.60 Å². The predicted molar refractivity (Wildman–Crippen MR) is 96.1 cm³/mol. The second kappa shape index (κ2) is 8.05. The Morgan fingerprint density at radius 1 is 1.04 bits per heavy atom. The minimum absolute atomic E-state index is 0.0436. The van der Waals surface area contributed by atoms with E-state index < -0.39 is 16.4 Å². The maximum absolute atomic E-state index is 12.6. The Bertz CT molecular complexity index is 487. The van der Waals surface area contributed by atoms with Crippen LogP contribution in [-0.2, 0) is 19.1 Å². The molecule has 0 fully saturated rings. The van der Waals surface area contributed by atoms with Gasteiger partial charge in [0.05, 0.1) is 11.3 Å². The Hall–Kier alpha value is -1.50. The van der Waals surface area contributed by atoms with Crippen molar-refractivity contribution in [3.8, 4) is 12.3 Å². The molecule has 0 aliphatic heterocycles. The van der Waals surface area contributed by atoms with Crippen molar-refractivity contribution in [2.24, 2.45) is 22.7 Å². The fourth-order valence-electron chi connectivity index (χ4n) is 2.34. The molecule has 4 heteroatoms. The van der Waals surface area contributed by atoms with Gasteiger partial charge in [0, 0.05) is 0 Å². The number of terminal acetylenes is 1. The molecule has 0 amide bonds. The van der Waals surface area contributed by atoms with E-state index >= 15 is 0 Å². The second-order valence-corrected chi connectivity index (χ2v) is 8.88. The van der Waals surface area contributed by atoms with Gasteiger partial charge in [-0.15, -0.1) is 6.42 Å². The first-order valence-electron chi connectivity index (χ1n) is 8.49. The van der Waals surface area contributed by atoms with Gasteiger partial charge < -0.3 is 9.47 Å². The summed E-state index contributed by atoms with van der Waals surface area (Å²) in [5.74, 6) is 1.55. The summed E-state index contributed by atoms with van der Waals surface area (Å²) in [6.45, 7) is 17.1. The van der Waals surface area contributed by atoms with Crippen LogP contribution in [0.1, 0.15) is 68.7 Å². The number of hydrogen-bond donors (Lipinski definition) is 0. The summed E-state index contributed by atoms with van der Waals surface area (Å²) in [7, 11) is 0. The van der Waals surface area contributed by atoms with Gasteiger partial charge in [-0.3, -0.25) is 9.59 Å². The van der Waals surface area contributed by atoms with Gasteiger partial charge in [-0.1, -0.05) is 33.6 Å². The zero-order chi connectivity index (χ0) is 19.3. The Balaban J connectivity index is 5.35. The van der Waals surface area contributed by atoms with Crippen LogP contribution in [0.2, 0.25) is 0 Å². The lowest BCUT2D eigenvalue weighted by molar-refractivity contribution is -0.168. The zero-order valence-corrected chi connectivity index (χ0v) is 16.8. The van der Waals surface area contributed by atoms with E-state index in [2.05, 4.69) is 5.92 Å². The van der Waals surface area contributed by atoms with Gasteiger partial charge >= 0.3 is 11.9 Å². The van der Waals surface area contributed by atoms with Gasteiger partial charge in [-0.25, -0.2) is 0 Å². The van der Waals surface area contributed by atoms with Crippen LogP contribution < -0.4 is 0 Å². The van der Waals surface area contributed by atoms with Crippen molar-refractivity contribution >= 4 is 11.9 Å². The first-order chi connectivity index (χ1) is 10.7. The van der Waals surface area contributed by atoms with Crippen LogP contribution in [0.25, 0.3) is 0 Å². The van der Waals surface area contributed by atoms with E-state index in [1.165, 1.54) is 0 Å². The molecule has 0 N–H and O–H groups in total. The third-order valence-corrected chi connectivity index (χ3v) is 4.73. The highest BCUT2D eigenvalue weighted by Crippen LogP contribution is 2.45. The summed E-state index contributed by atoms with van der Waals surface area (Å²) in [6, 6.07) is 0. The quantitative estimate of drug-likeness (QED) is 0.515. The molecule has 0 saturated heterocycles.